The third-order valence-corrected chi connectivity index (χ3v) is 5.02. The second kappa shape index (κ2) is 16.3. The minimum Gasteiger partial charge on any atom is -0.346 e. The van der Waals surface area contributed by atoms with Gasteiger partial charge in [-0.3, -0.25) is 9.59 Å². The van der Waals surface area contributed by atoms with Gasteiger partial charge in [0.1, 0.15) is 5.78 Å². The summed E-state index contributed by atoms with van der Waals surface area (Å²) in [6, 6.07) is 0. The fourth-order valence-corrected chi connectivity index (χ4v) is 3.30. The first kappa shape index (κ1) is 25.1. The summed E-state index contributed by atoms with van der Waals surface area (Å²) in [5.41, 5.74) is 0. The van der Waals surface area contributed by atoms with Gasteiger partial charge in [0.25, 0.3) is 0 Å². The maximum atomic E-state index is 11.9. The summed E-state index contributed by atoms with van der Waals surface area (Å²) in [5.74, 6) is 1.47. The monoisotopic (exact) mass is 367 g/mol. The number of hydrogen-bond acceptors (Lipinski definition) is 2. The van der Waals surface area contributed by atoms with Crippen molar-refractivity contribution in [1.29, 1.82) is 0 Å². The summed E-state index contributed by atoms with van der Waals surface area (Å²) in [4.78, 5) is 25.3. The van der Waals surface area contributed by atoms with Gasteiger partial charge in [0.2, 0.25) is 5.91 Å². The zero-order valence-corrected chi connectivity index (χ0v) is 18.3. The molecule has 0 bridgehead atoms. The first-order valence-corrected chi connectivity index (χ1v) is 11.1. The van der Waals surface area contributed by atoms with Crippen LogP contribution in [0.4, 0.5) is 0 Å². The Morgan fingerprint density at radius 1 is 0.654 bits per heavy atom. The lowest BCUT2D eigenvalue weighted by Gasteiger charge is -2.19. The molecule has 26 heavy (non-hydrogen) atoms. The lowest BCUT2D eigenvalue weighted by atomic mass is 10.0. The van der Waals surface area contributed by atoms with Gasteiger partial charge < -0.3 is 4.90 Å². The Morgan fingerprint density at radius 3 is 1.42 bits per heavy atom. The predicted molar refractivity (Wildman–Crippen MR) is 112 cm³/mol. The Kier molecular flexibility index (Phi) is 15.8. The molecular weight excluding hydrogens is 322 g/mol. The number of ketones is 1. The molecule has 0 fully saturated rings. The first-order chi connectivity index (χ1) is 12.3. The molecule has 0 saturated carbocycles. The van der Waals surface area contributed by atoms with Crippen molar-refractivity contribution in [3.8, 4) is 0 Å². The largest absolute Gasteiger partial charge is 0.346 e. The number of rotatable bonds is 17. The van der Waals surface area contributed by atoms with Crippen LogP contribution in [0.2, 0.25) is 0 Å². The van der Waals surface area contributed by atoms with Crippen molar-refractivity contribution in [2.75, 3.05) is 13.6 Å². The molecule has 0 heterocycles. The van der Waals surface area contributed by atoms with Gasteiger partial charge >= 0.3 is 0 Å². The van der Waals surface area contributed by atoms with E-state index >= 15 is 0 Å². The van der Waals surface area contributed by atoms with Gasteiger partial charge in [-0.2, -0.15) is 0 Å². The summed E-state index contributed by atoms with van der Waals surface area (Å²) in [7, 11) is 1.92. The number of carbonyl (C=O) groups is 2. The average Bonchev–Trinajstić information content (AvgIpc) is 2.57. The molecular formula is C23H45NO2. The Balaban J connectivity index is 3.29. The molecule has 0 saturated heterocycles. The van der Waals surface area contributed by atoms with Crippen LogP contribution >= 0.6 is 0 Å². The van der Waals surface area contributed by atoms with E-state index in [0.717, 1.165) is 25.8 Å². The van der Waals surface area contributed by atoms with Gasteiger partial charge in [-0.25, -0.2) is 0 Å². The van der Waals surface area contributed by atoms with E-state index in [-0.39, 0.29) is 5.92 Å². The molecule has 1 amide bonds. The number of carbonyl (C=O) groups excluding carboxylic acids is 2. The summed E-state index contributed by atoms with van der Waals surface area (Å²) in [6.45, 7) is 9.15. The summed E-state index contributed by atoms with van der Waals surface area (Å²) in [5, 5.41) is 0. The van der Waals surface area contributed by atoms with E-state index in [1.54, 1.807) is 0 Å². The molecule has 0 spiro atoms. The lowest BCUT2D eigenvalue weighted by Crippen LogP contribution is -2.29. The van der Waals surface area contributed by atoms with Crippen molar-refractivity contribution in [3.05, 3.63) is 0 Å². The van der Waals surface area contributed by atoms with Crippen molar-refractivity contribution < 1.29 is 9.59 Å². The van der Waals surface area contributed by atoms with Gasteiger partial charge in [0.05, 0.1) is 0 Å². The smallest absolute Gasteiger partial charge is 0.222 e. The van der Waals surface area contributed by atoms with E-state index < -0.39 is 0 Å². The number of nitrogens with zero attached hydrogens (tertiary/aromatic N) is 1. The maximum absolute atomic E-state index is 11.9. The predicted octanol–water partition coefficient (Wildman–Crippen LogP) is 6.40. The first-order valence-electron chi connectivity index (χ1n) is 11.1. The third-order valence-electron chi connectivity index (χ3n) is 5.02. The van der Waals surface area contributed by atoms with Crippen LogP contribution in [-0.2, 0) is 9.59 Å². The molecule has 0 atom stereocenters. The number of Topliss-reactive ketones (excluding diaryl/α,β-unsaturated/α-hetero) is 1. The van der Waals surface area contributed by atoms with Crippen LogP contribution in [0.15, 0.2) is 0 Å². The van der Waals surface area contributed by atoms with Crippen molar-refractivity contribution in [2.24, 2.45) is 11.8 Å². The van der Waals surface area contributed by atoms with Crippen LogP contribution < -0.4 is 0 Å². The Morgan fingerprint density at radius 2 is 1.04 bits per heavy atom. The molecule has 0 aliphatic heterocycles. The van der Waals surface area contributed by atoms with Crippen LogP contribution in [0.5, 0.6) is 0 Å². The van der Waals surface area contributed by atoms with Crippen molar-refractivity contribution in [3.63, 3.8) is 0 Å². The highest BCUT2D eigenvalue weighted by molar-refractivity contribution is 5.80. The normalized spacial score (nSPS) is 11.3. The van der Waals surface area contributed by atoms with Gasteiger partial charge in [0, 0.05) is 32.4 Å². The Hall–Kier alpha value is -0.860. The number of hydrogen-bond donors (Lipinski definition) is 0. The summed E-state index contributed by atoms with van der Waals surface area (Å²) in [6.07, 6.45) is 15.1. The molecule has 154 valence electrons. The molecule has 0 aromatic carbocycles. The zero-order chi connectivity index (χ0) is 19.8. The second-order valence-electron chi connectivity index (χ2n) is 8.68. The molecule has 0 aromatic heterocycles. The highest BCUT2D eigenvalue weighted by Crippen LogP contribution is 2.13. The third kappa shape index (κ3) is 15.4. The fourth-order valence-electron chi connectivity index (χ4n) is 3.30. The molecule has 0 aliphatic rings. The van der Waals surface area contributed by atoms with Crippen molar-refractivity contribution >= 4 is 11.7 Å². The zero-order valence-electron chi connectivity index (χ0n) is 18.3. The van der Waals surface area contributed by atoms with Gasteiger partial charge in [0.15, 0.2) is 0 Å². The molecule has 0 aliphatic carbocycles. The number of amides is 1. The van der Waals surface area contributed by atoms with Gasteiger partial charge in [-0.15, -0.1) is 0 Å². The van der Waals surface area contributed by atoms with Crippen LogP contribution in [0.25, 0.3) is 0 Å². The minimum atomic E-state index is 0.203. The minimum absolute atomic E-state index is 0.203. The van der Waals surface area contributed by atoms with E-state index in [1.807, 2.05) is 25.8 Å². The molecule has 3 nitrogen and oxygen atoms in total. The second-order valence-corrected chi connectivity index (χ2v) is 8.68. The van der Waals surface area contributed by atoms with E-state index in [1.165, 1.54) is 57.8 Å². The highest BCUT2D eigenvalue weighted by atomic mass is 16.2. The van der Waals surface area contributed by atoms with Crippen molar-refractivity contribution in [1.82, 2.24) is 4.90 Å². The van der Waals surface area contributed by atoms with Crippen LogP contribution in [0, 0.1) is 11.8 Å². The molecule has 0 aromatic rings. The summed E-state index contributed by atoms with van der Waals surface area (Å²) < 4.78 is 0. The quantitative estimate of drug-likeness (QED) is 0.279. The Bertz CT molecular complexity index is 363. The Labute approximate surface area is 163 Å². The van der Waals surface area contributed by atoms with E-state index in [9.17, 15) is 9.59 Å². The van der Waals surface area contributed by atoms with Gasteiger partial charge in [-0.05, 0) is 18.8 Å². The van der Waals surface area contributed by atoms with Gasteiger partial charge in [-0.1, -0.05) is 85.5 Å². The molecule has 0 N–H and O–H groups in total. The van der Waals surface area contributed by atoms with Crippen LogP contribution in [0.1, 0.15) is 111 Å². The highest BCUT2D eigenvalue weighted by Gasteiger charge is 2.09. The van der Waals surface area contributed by atoms with Crippen LogP contribution in [0.3, 0.4) is 0 Å². The number of unbranched alkanes of at least 4 members (excludes halogenated alkanes) is 10. The topological polar surface area (TPSA) is 37.4 Å². The standard InChI is InChI=1S/C23H45NO2/c1-20(2)19-24(5)23(26)18-16-14-12-10-8-6-7-9-11-13-15-17-22(25)21(3)4/h20-21H,6-19H2,1-5H3. The maximum Gasteiger partial charge on any atom is 0.222 e. The molecule has 0 rings (SSSR count). The average molecular weight is 368 g/mol. The fraction of sp³-hybridized carbons (Fsp3) is 0.913. The van der Waals surface area contributed by atoms with E-state index in [4.69, 9.17) is 0 Å². The lowest BCUT2D eigenvalue weighted by molar-refractivity contribution is -0.130. The van der Waals surface area contributed by atoms with E-state index in [0.29, 0.717) is 24.0 Å². The molecule has 3 heteroatoms. The summed E-state index contributed by atoms with van der Waals surface area (Å²) >= 11 is 0. The van der Waals surface area contributed by atoms with E-state index in [2.05, 4.69) is 13.8 Å². The van der Waals surface area contributed by atoms with Crippen LogP contribution in [-0.4, -0.2) is 30.2 Å². The molecule has 0 radical (unpaired) electrons. The van der Waals surface area contributed by atoms with Crippen molar-refractivity contribution in [2.45, 2.75) is 111 Å². The molecule has 0 unspecified atom stereocenters. The SMILES string of the molecule is CC(C)CN(C)C(=O)CCCCCCCCCCCCCC(=O)C(C)C.